The summed E-state index contributed by atoms with van der Waals surface area (Å²) in [7, 11) is -2.01. The van der Waals surface area contributed by atoms with Gasteiger partial charge in [0, 0.05) is 0 Å². The number of ether oxygens (including phenoxy) is 1. The van der Waals surface area contributed by atoms with Crippen molar-refractivity contribution in [1.82, 2.24) is 0 Å². The van der Waals surface area contributed by atoms with Crippen molar-refractivity contribution >= 4 is 21.8 Å². The van der Waals surface area contributed by atoms with E-state index in [1.54, 1.807) is 26.0 Å². The SMILES string of the molecule is COC(=O)[C@@H](C)Cc1cccc([C@@](C)(CCCC(C)(C)CS(=O)(=O)CCO)C(=O)O)c1. The Balaban J connectivity index is 2.94. The summed E-state index contributed by atoms with van der Waals surface area (Å²) in [5.74, 6) is -1.91. The predicted molar refractivity (Wildman–Crippen MR) is 120 cm³/mol. The summed E-state index contributed by atoms with van der Waals surface area (Å²) in [5.41, 5.74) is -0.144. The van der Waals surface area contributed by atoms with Gasteiger partial charge in [-0.25, -0.2) is 8.42 Å². The molecule has 0 aliphatic carbocycles. The molecule has 1 aromatic carbocycles. The zero-order valence-corrected chi connectivity index (χ0v) is 20.0. The van der Waals surface area contributed by atoms with Crippen LogP contribution in [0.3, 0.4) is 0 Å². The monoisotopic (exact) mass is 456 g/mol. The highest BCUT2D eigenvalue weighted by Crippen LogP contribution is 2.34. The van der Waals surface area contributed by atoms with Gasteiger partial charge >= 0.3 is 11.9 Å². The van der Waals surface area contributed by atoms with Crippen LogP contribution in [0.15, 0.2) is 24.3 Å². The van der Waals surface area contributed by atoms with E-state index >= 15 is 0 Å². The third-order valence-electron chi connectivity index (χ3n) is 5.72. The van der Waals surface area contributed by atoms with E-state index in [9.17, 15) is 23.1 Å². The summed E-state index contributed by atoms with van der Waals surface area (Å²) in [5, 5.41) is 18.9. The lowest BCUT2D eigenvalue weighted by Crippen LogP contribution is -2.33. The Bertz CT molecular complexity index is 860. The number of carboxylic acid groups (broad SMARTS) is 1. The van der Waals surface area contributed by atoms with Gasteiger partial charge in [-0.1, -0.05) is 51.5 Å². The highest BCUT2D eigenvalue weighted by atomic mass is 32.2. The zero-order valence-electron chi connectivity index (χ0n) is 19.2. The van der Waals surface area contributed by atoms with Crippen molar-refractivity contribution in [3.63, 3.8) is 0 Å². The molecule has 0 aromatic heterocycles. The second kappa shape index (κ2) is 11.1. The van der Waals surface area contributed by atoms with E-state index < -0.39 is 33.2 Å². The minimum Gasteiger partial charge on any atom is -0.481 e. The van der Waals surface area contributed by atoms with Crippen molar-refractivity contribution in [1.29, 1.82) is 0 Å². The van der Waals surface area contributed by atoms with Gasteiger partial charge in [0.15, 0.2) is 9.84 Å². The molecule has 0 spiro atoms. The molecule has 2 atom stereocenters. The molecule has 0 saturated carbocycles. The van der Waals surface area contributed by atoms with Crippen LogP contribution >= 0.6 is 0 Å². The number of benzene rings is 1. The van der Waals surface area contributed by atoms with E-state index in [0.29, 0.717) is 31.2 Å². The number of methoxy groups -OCH3 is 1. The molecule has 0 amide bonds. The number of esters is 1. The van der Waals surface area contributed by atoms with Crippen LogP contribution in [0.2, 0.25) is 0 Å². The molecule has 0 bridgehead atoms. The number of rotatable bonds is 13. The third-order valence-corrected chi connectivity index (χ3v) is 7.75. The maximum atomic E-state index is 12.2. The van der Waals surface area contributed by atoms with E-state index in [2.05, 4.69) is 0 Å². The van der Waals surface area contributed by atoms with Gasteiger partial charge in [-0.2, -0.15) is 0 Å². The lowest BCUT2D eigenvalue weighted by Gasteiger charge is -2.29. The number of sulfone groups is 1. The number of aliphatic hydroxyl groups is 1. The molecular weight excluding hydrogens is 420 g/mol. The molecule has 31 heavy (non-hydrogen) atoms. The topological polar surface area (TPSA) is 118 Å². The fourth-order valence-corrected chi connectivity index (χ4v) is 5.61. The van der Waals surface area contributed by atoms with E-state index in [4.69, 9.17) is 9.84 Å². The fraction of sp³-hybridized carbons (Fsp3) is 0.652. The fourth-order valence-electron chi connectivity index (χ4n) is 3.85. The summed E-state index contributed by atoms with van der Waals surface area (Å²) in [6, 6.07) is 7.25. The molecule has 2 N–H and O–H groups in total. The molecular formula is C23H36O7S. The van der Waals surface area contributed by atoms with Crippen LogP contribution in [0.5, 0.6) is 0 Å². The number of carbonyl (C=O) groups excluding carboxylic acids is 1. The number of aliphatic hydroxyl groups excluding tert-OH is 1. The molecule has 0 heterocycles. The first-order valence-electron chi connectivity index (χ1n) is 10.5. The van der Waals surface area contributed by atoms with Crippen molar-refractivity contribution in [3.8, 4) is 0 Å². The Morgan fingerprint density at radius 1 is 1.16 bits per heavy atom. The summed E-state index contributed by atoms with van der Waals surface area (Å²) >= 11 is 0. The third kappa shape index (κ3) is 8.26. The Kier molecular flexibility index (Phi) is 9.69. The highest BCUT2D eigenvalue weighted by Gasteiger charge is 2.36. The Morgan fingerprint density at radius 3 is 2.35 bits per heavy atom. The Labute approximate surface area is 185 Å². The van der Waals surface area contributed by atoms with Gasteiger partial charge in [-0.05, 0) is 42.7 Å². The number of hydrogen-bond donors (Lipinski definition) is 2. The molecule has 0 aliphatic heterocycles. The molecule has 0 saturated heterocycles. The predicted octanol–water partition coefficient (Wildman–Crippen LogP) is 2.98. The Hall–Kier alpha value is -1.93. The van der Waals surface area contributed by atoms with Crippen LogP contribution in [-0.2, 0) is 36.0 Å². The van der Waals surface area contributed by atoms with Gasteiger partial charge in [0.25, 0.3) is 0 Å². The first kappa shape index (κ1) is 27.1. The Morgan fingerprint density at radius 2 is 1.81 bits per heavy atom. The van der Waals surface area contributed by atoms with Gasteiger partial charge in [0.1, 0.15) is 0 Å². The smallest absolute Gasteiger partial charge is 0.313 e. The van der Waals surface area contributed by atoms with Crippen LogP contribution in [0.4, 0.5) is 0 Å². The normalized spacial score (nSPS) is 15.2. The van der Waals surface area contributed by atoms with E-state index in [1.807, 2.05) is 26.0 Å². The molecule has 1 aromatic rings. The van der Waals surface area contributed by atoms with Gasteiger partial charge < -0.3 is 14.9 Å². The minimum atomic E-state index is -3.35. The van der Waals surface area contributed by atoms with Crippen molar-refractivity contribution in [3.05, 3.63) is 35.4 Å². The minimum absolute atomic E-state index is 0.0503. The second-order valence-electron chi connectivity index (χ2n) is 9.30. The summed E-state index contributed by atoms with van der Waals surface area (Å²) in [6.07, 6.45) is 1.88. The van der Waals surface area contributed by atoms with Crippen molar-refractivity contribution < 1.29 is 33.0 Å². The summed E-state index contributed by atoms with van der Waals surface area (Å²) in [6.45, 7) is 6.72. The van der Waals surface area contributed by atoms with Crippen molar-refractivity contribution in [2.24, 2.45) is 11.3 Å². The standard InChI is InChI=1S/C23H36O7S/c1-17(20(25)30-5)14-18-8-6-9-19(15-18)23(4,21(26)27)11-7-10-22(2,3)16-31(28,29)13-12-24/h6,8-9,15,17,24H,7,10-14,16H2,1-5H3,(H,26,27)/t17-,23+/m0/s1. The maximum Gasteiger partial charge on any atom is 0.313 e. The van der Waals surface area contributed by atoms with E-state index in [0.717, 1.165) is 5.56 Å². The zero-order chi connectivity index (χ0) is 23.9. The molecule has 176 valence electrons. The average molecular weight is 457 g/mol. The second-order valence-corrected chi connectivity index (χ2v) is 11.5. The average Bonchev–Trinajstić information content (AvgIpc) is 2.65. The summed E-state index contributed by atoms with van der Waals surface area (Å²) in [4.78, 5) is 23.9. The van der Waals surface area contributed by atoms with Gasteiger partial charge in [-0.15, -0.1) is 0 Å². The quantitative estimate of drug-likeness (QED) is 0.438. The summed E-state index contributed by atoms with van der Waals surface area (Å²) < 4.78 is 28.9. The number of carboxylic acids is 1. The molecule has 0 fully saturated rings. The van der Waals surface area contributed by atoms with Crippen molar-refractivity contribution in [2.75, 3.05) is 25.2 Å². The molecule has 8 heteroatoms. The number of aliphatic carboxylic acids is 1. The first-order chi connectivity index (χ1) is 14.3. The van der Waals surface area contributed by atoms with Gasteiger partial charge in [0.05, 0.1) is 36.6 Å². The van der Waals surface area contributed by atoms with Crippen LogP contribution in [0.1, 0.15) is 58.1 Å². The van der Waals surface area contributed by atoms with Crippen LogP contribution in [0, 0.1) is 11.3 Å². The first-order valence-corrected chi connectivity index (χ1v) is 12.3. The van der Waals surface area contributed by atoms with Crippen LogP contribution < -0.4 is 0 Å². The molecule has 0 aliphatic rings. The van der Waals surface area contributed by atoms with Gasteiger partial charge in [0.2, 0.25) is 0 Å². The highest BCUT2D eigenvalue weighted by molar-refractivity contribution is 7.91. The van der Waals surface area contributed by atoms with Crippen LogP contribution in [-0.4, -0.2) is 55.8 Å². The molecule has 0 radical (unpaired) electrons. The van der Waals surface area contributed by atoms with E-state index in [1.165, 1.54) is 7.11 Å². The largest absolute Gasteiger partial charge is 0.481 e. The van der Waals surface area contributed by atoms with Crippen LogP contribution in [0.25, 0.3) is 0 Å². The lowest BCUT2D eigenvalue weighted by molar-refractivity contribution is -0.145. The molecule has 1 rings (SSSR count). The van der Waals surface area contributed by atoms with Crippen molar-refractivity contribution in [2.45, 2.75) is 58.8 Å². The number of hydrogen-bond acceptors (Lipinski definition) is 6. The number of carbonyl (C=O) groups is 2. The lowest BCUT2D eigenvalue weighted by atomic mass is 9.75. The van der Waals surface area contributed by atoms with Gasteiger partial charge in [-0.3, -0.25) is 9.59 Å². The van der Waals surface area contributed by atoms with E-state index in [-0.39, 0.29) is 23.4 Å². The molecule has 0 unspecified atom stereocenters. The maximum absolute atomic E-state index is 12.2. The molecule has 7 nitrogen and oxygen atoms in total.